The number of nitrogens with one attached hydrogen (secondary N) is 1. The maximum absolute atomic E-state index is 4.71. The van der Waals surface area contributed by atoms with Gasteiger partial charge in [0.25, 0.3) is 0 Å². The van der Waals surface area contributed by atoms with Gasteiger partial charge in [-0.3, -0.25) is 4.99 Å². The van der Waals surface area contributed by atoms with Crippen molar-refractivity contribution < 1.29 is 0 Å². The predicted octanol–water partition coefficient (Wildman–Crippen LogP) is 8.55. The first-order valence-corrected chi connectivity index (χ1v) is 14.2. The first-order valence-electron chi connectivity index (χ1n) is 13.3. The number of anilines is 2. The lowest BCUT2D eigenvalue weighted by atomic mass is 9.92. The first-order chi connectivity index (χ1) is 19.3. The van der Waals surface area contributed by atoms with Crippen LogP contribution in [0.15, 0.2) is 102 Å². The SMILES string of the molecule is CC1C=Cc2sc3c(c(N(c4ccccc4)C4N=CN[N-]4)cc4c5ccccc5n(-c5ccccc5)c43)c2C1. The number of para-hydroxylation sites is 3. The van der Waals surface area contributed by atoms with Gasteiger partial charge in [0.15, 0.2) is 0 Å². The quantitative estimate of drug-likeness (QED) is 0.251. The van der Waals surface area contributed by atoms with Crippen molar-refractivity contribution in [2.45, 2.75) is 19.6 Å². The van der Waals surface area contributed by atoms with Crippen molar-refractivity contribution in [3.05, 3.63) is 113 Å². The minimum atomic E-state index is -0.386. The topological polar surface area (TPSA) is 46.7 Å². The molecule has 1 aliphatic heterocycles. The number of allylic oxidation sites excluding steroid dienone is 1. The van der Waals surface area contributed by atoms with Gasteiger partial charge in [0.1, 0.15) is 0 Å². The molecule has 4 aromatic carbocycles. The number of fused-ring (bicyclic) bond motifs is 7. The van der Waals surface area contributed by atoms with Gasteiger partial charge in [-0.05, 0) is 60.4 Å². The fourth-order valence-corrected chi connectivity index (χ4v) is 7.42. The first kappa shape index (κ1) is 22.6. The highest BCUT2D eigenvalue weighted by atomic mass is 32.1. The van der Waals surface area contributed by atoms with E-state index in [2.05, 4.69) is 130 Å². The molecular weight excluding hydrogens is 498 g/mol. The molecule has 0 radical (unpaired) electrons. The van der Waals surface area contributed by atoms with E-state index < -0.39 is 0 Å². The summed E-state index contributed by atoms with van der Waals surface area (Å²) in [6.07, 6.45) is 6.98. The molecule has 1 N–H and O–H groups in total. The number of rotatable bonds is 4. The van der Waals surface area contributed by atoms with Crippen molar-refractivity contribution in [1.82, 2.24) is 9.99 Å². The lowest BCUT2D eigenvalue weighted by Gasteiger charge is -2.37. The van der Waals surface area contributed by atoms with E-state index in [1.54, 1.807) is 6.34 Å². The van der Waals surface area contributed by atoms with Crippen molar-refractivity contribution in [3.63, 3.8) is 0 Å². The Morgan fingerprint density at radius 1 is 0.949 bits per heavy atom. The number of hydrogen-bond donors (Lipinski definition) is 1. The molecule has 3 heterocycles. The maximum atomic E-state index is 4.71. The Hall–Kier alpha value is -4.39. The third kappa shape index (κ3) is 3.45. The van der Waals surface area contributed by atoms with Gasteiger partial charge in [-0.1, -0.05) is 67.6 Å². The van der Waals surface area contributed by atoms with Crippen LogP contribution in [0, 0.1) is 5.92 Å². The van der Waals surface area contributed by atoms with Crippen LogP contribution in [0.2, 0.25) is 0 Å². The van der Waals surface area contributed by atoms with Crippen LogP contribution < -0.4 is 10.3 Å². The van der Waals surface area contributed by atoms with Crippen LogP contribution in [0.25, 0.3) is 49.1 Å². The van der Waals surface area contributed by atoms with E-state index in [0.717, 1.165) is 17.8 Å². The third-order valence-electron chi connectivity index (χ3n) is 7.80. The molecule has 2 aliphatic rings. The average molecular weight is 525 g/mol. The van der Waals surface area contributed by atoms with E-state index in [1.807, 2.05) is 11.3 Å². The number of hydrogen-bond acceptors (Lipinski definition) is 4. The van der Waals surface area contributed by atoms with Crippen molar-refractivity contribution in [3.8, 4) is 5.69 Å². The minimum absolute atomic E-state index is 0.386. The van der Waals surface area contributed by atoms with Gasteiger partial charge in [0.2, 0.25) is 0 Å². The molecule has 2 aromatic heterocycles. The second-order valence-corrected chi connectivity index (χ2v) is 11.3. The zero-order valence-electron chi connectivity index (χ0n) is 21.5. The summed E-state index contributed by atoms with van der Waals surface area (Å²) in [5, 5.41) is 3.79. The van der Waals surface area contributed by atoms with E-state index >= 15 is 0 Å². The lowest BCUT2D eigenvalue weighted by Crippen LogP contribution is -2.28. The molecule has 5 nitrogen and oxygen atoms in total. The molecule has 0 saturated carbocycles. The van der Waals surface area contributed by atoms with E-state index in [0.29, 0.717) is 5.92 Å². The van der Waals surface area contributed by atoms with Gasteiger partial charge in [0, 0.05) is 32.4 Å². The molecule has 0 spiro atoms. The number of nitrogens with zero attached hydrogens (tertiary/aromatic N) is 4. The number of aliphatic imine (C=N–C) groups is 1. The van der Waals surface area contributed by atoms with Crippen molar-refractivity contribution in [2.75, 3.05) is 4.90 Å². The largest absolute Gasteiger partial charge is 0.530 e. The van der Waals surface area contributed by atoms with Crippen LogP contribution in [0.4, 0.5) is 11.4 Å². The fraction of sp³-hybridized carbons (Fsp3) is 0.121. The molecule has 0 amide bonds. The minimum Gasteiger partial charge on any atom is -0.530 e. The smallest absolute Gasteiger partial charge is 0.0721 e. The van der Waals surface area contributed by atoms with Crippen molar-refractivity contribution >= 4 is 67.0 Å². The Morgan fingerprint density at radius 2 is 1.72 bits per heavy atom. The summed E-state index contributed by atoms with van der Waals surface area (Å²) >= 11 is 1.91. The molecule has 2 unspecified atom stereocenters. The van der Waals surface area contributed by atoms with Gasteiger partial charge in [0.05, 0.1) is 34.0 Å². The predicted molar refractivity (Wildman–Crippen MR) is 165 cm³/mol. The van der Waals surface area contributed by atoms with Crippen LogP contribution in [0.3, 0.4) is 0 Å². The molecule has 1 aliphatic carbocycles. The van der Waals surface area contributed by atoms with E-state index in [1.165, 1.54) is 48.0 Å². The monoisotopic (exact) mass is 524 g/mol. The fourth-order valence-electron chi connectivity index (χ4n) is 6.12. The Balaban J connectivity index is 1.55. The van der Waals surface area contributed by atoms with Gasteiger partial charge in [-0.15, -0.1) is 11.3 Å². The summed E-state index contributed by atoms with van der Waals surface area (Å²) in [7, 11) is 0. The van der Waals surface area contributed by atoms with Gasteiger partial charge < -0.3 is 20.3 Å². The molecule has 190 valence electrons. The van der Waals surface area contributed by atoms with E-state index in [-0.39, 0.29) is 6.29 Å². The molecule has 0 bridgehead atoms. The molecule has 2 atom stereocenters. The standard InChI is InChI=1S/C33H26N5S/c1-21-16-17-29-26(18-21)30-28(38(33-34-20-35-36-33)23-12-6-3-7-13-23)19-25-24-14-8-9-15-27(24)37(31(25)32(30)39-29)22-10-4-2-5-11-22/h2-17,19-21,33H,18H2,1H3,(H,34,35)/q-1. The molecular formula is C33H26N5S-. The van der Waals surface area contributed by atoms with Crippen LogP contribution in [-0.2, 0) is 6.42 Å². The normalized spacial score (nSPS) is 18.2. The molecule has 39 heavy (non-hydrogen) atoms. The second-order valence-electron chi connectivity index (χ2n) is 10.3. The highest BCUT2D eigenvalue weighted by molar-refractivity contribution is 7.21. The summed E-state index contributed by atoms with van der Waals surface area (Å²) in [6.45, 7) is 2.30. The maximum Gasteiger partial charge on any atom is 0.0721 e. The lowest BCUT2D eigenvalue weighted by molar-refractivity contribution is 0.723. The summed E-state index contributed by atoms with van der Waals surface area (Å²) in [6, 6.07) is 32.4. The third-order valence-corrected chi connectivity index (χ3v) is 9.01. The highest BCUT2D eigenvalue weighted by Gasteiger charge is 2.28. The van der Waals surface area contributed by atoms with E-state index in [9.17, 15) is 0 Å². The zero-order valence-corrected chi connectivity index (χ0v) is 22.3. The van der Waals surface area contributed by atoms with Gasteiger partial charge in [-0.2, -0.15) is 0 Å². The van der Waals surface area contributed by atoms with Crippen molar-refractivity contribution in [1.29, 1.82) is 0 Å². The summed E-state index contributed by atoms with van der Waals surface area (Å²) in [5.74, 6) is 0.486. The van der Waals surface area contributed by atoms with E-state index in [4.69, 9.17) is 4.99 Å². The van der Waals surface area contributed by atoms with Crippen LogP contribution in [0.5, 0.6) is 0 Å². The summed E-state index contributed by atoms with van der Waals surface area (Å²) < 4.78 is 3.75. The van der Waals surface area contributed by atoms with Crippen LogP contribution >= 0.6 is 11.3 Å². The van der Waals surface area contributed by atoms with Gasteiger partial charge in [-0.25, -0.2) is 0 Å². The number of benzene rings is 4. The summed E-state index contributed by atoms with van der Waals surface area (Å²) in [5.41, 5.74) is 14.9. The molecule has 0 fully saturated rings. The van der Waals surface area contributed by atoms with Gasteiger partial charge >= 0.3 is 0 Å². The molecule has 8 rings (SSSR count). The highest BCUT2D eigenvalue weighted by Crippen LogP contribution is 2.50. The number of thiophene rings is 1. The molecule has 6 heteroatoms. The second kappa shape index (κ2) is 8.83. The van der Waals surface area contributed by atoms with Crippen LogP contribution in [-0.4, -0.2) is 17.2 Å². The van der Waals surface area contributed by atoms with Crippen LogP contribution in [0.1, 0.15) is 17.4 Å². The Kier molecular flexibility index (Phi) is 5.11. The number of aromatic nitrogens is 1. The molecule has 6 aromatic rings. The summed E-state index contributed by atoms with van der Waals surface area (Å²) in [4.78, 5) is 8.34. The van der Waals surface area contributed by atoms with Crippen molar-refractivity contribution in [2.24, 2.45) is 10.9 Å². The zero-order chi connectivity index (χ0) is 25.9. The Morgan fingerprint density at radius 3 is 2.51 bits per heavy atom. The average Bonchev–Trinajstić information content (AvgIpc) is 3.71. The Bertz CT molecular complexity index is 1920. The Labute approximate surface area is 230 Å². The molecule has 0 saturated heterocycles.